The van der Waals surface area contributed by atoms with Crippen LogP contribution in [0.5, 0.6) is 0 Å². The molecule has 1 rings (SSSR count). The number of rotatable bonds is 4. The molecule has 0 aliphatic carbocycles. The van der Waals surface area contributed by atoms with E-state index in [0.29, 0.717) is 6.04 Å². The van der Waals surface area contributed by atoms with Crippen LogP contribution in [0, 0.1) is 5.92 Å². The molecule has 0 radical (unpaired) electrons. The first-order chi connectivity index (χ1) is 7.81. The first kappa shape index (κ1) is 15.0. The highest BCUT2D eigenvalue weighted by molar-refractivity contribution is 4.83. The summed E-state index contributed by atoms with van der Waals surface area (Å²) in [5.41, 5.74) is 0.251. The van der Waals surface area contributed by atoms with E-state index in [4.69, 9.17) is 0 Å². The lowest BCUT2D eigenvalue weighted by molar-refractivity contribution is 0.0711. The molecule has 3 atom stereocenters. The summed E-state index contributed by atoms with van der Waals surface area (Å²) in [6.45, 7) is 16.3. The van der Waals surface area contributed by atoms with Gasteiger partial charge in [0.15, 0.2) is 0 Å². The van der Waals surface area contributed by atoms with Gasteiger partial charge in [0.05, 0.1) is 0 Å². The normalized spacial score (nSPS) is 29.3. The van der Waals surface area contributed by atoms with E-state index in [1.54, 1.807) is 0 Å². The molecule has 1 aliphatic rings. The van der Waals surface area contributed by atoms with Crippen LogP contribution in [0.2, 0.25) is 0 Å². The minimum atomic E-state index is 0.251. The topological polar surface area (TPSA) is 15.3 Å². The highest BCUT2D eigenvalue weighted by Crippen LogP contribution is 2.25. The number of piperidine rings is 1. The first-order valence-electron chi connectivity index (χ1n) is 7.32. The van der Waals surface area contributed by atoms with Gasteiger partial charge < -0.3 is 5.32 Å². The smallest absolute Gasteiger partial charge is 0.00965 e. The van der Waals surface area contributed by atoms with Crippen LogP contribution in [-0.4, -0.2) is 35.6 Å². The Morgan fingerprint density at radius 1 is 1.29 bits per heavy atom. The number of hydrogen-bond acceptors (Lipinski definition) is 2. The largest absolute Gasteiger partial charge is 0.312 e. The molecule has 1 N–H and O–H groups in total. The Kier molecular flexibility index (Phi) is 5.46. The maximum atomic E-state index is 3.59. The van der Waals surface area contributed by atoms with Crippen LogP contribution in [0.15, 0.2) is 0 Å². The standard InChI is InChI=1S/C15H32N2/c1-12-8-7-11-17(14(12)3)13(2)9-10-16-15(4,5)6/h12-14,16H,7-11H2,1-6H3. The predicted molar refractivity (Wildman–Crippen MR) is 76.4 cm³/mol. The van der Waals surface area contributed by atoms with E-state index >= 15 is 0 Å². The number of likely N-dealkylation sites (tertiary alicyclic amines) is 1. The summed E-state index contributed by atoms with van der Waals surface area (Å²) >= 11 is 0. The molecule has 0 aromatic rings. The molecule has 2 heteroatoms. The van der Waals surface area contributed by atoms with Crippen molar-refractivity contribution in [3.63, 3.8) is 0 Å². The minimum absolute atomic E-state index is 0.251. The van der Waals surface area contributed by atoms with E-state index < -0.39 is 0 Å². The fourth-order valence-corrected chi connectivity index (χ4v) is 2.81. The third-order valence-corrected chi connectivity index (χ3v) is 4.21. The highest BCUT2D eigenvalue weighted by atomic mass is 15.2. The van der Waals surface area contributed by atoms with Gasteiger partial charge in [0.2, 0.25) is 0 Å². The maximum Gasteiger partial charge on any atom is 0.00965 e. The van der Waals surface area contributed by atoms with E-state index in [9.17, 15) is 0 Å². The second-order valence-electron chi connectivity index (χ2n) is 6.91. The van der Waals surface area contributed by atoms with Gasteiger partial charge in [-0.2, -0.15) is 0 Å². The Labute approximate surface area is 108 Å². The molecule has 0 spiro atoms. The summed E-state index contributed by atoms with van der Waals surface area (Å²) in [4.78, 5) is 2.71. The van der Waals surface area contributed by atoms with Crippen LogP contribution in [0.3, 0.4) is 0 Å². The van der Waals surface area contributed by atoms with E-state index in [1.807, 2.05) is 0 Å². The molecular formula is C15H32N2. The maximum absolute atomic E-state index is 3.59. The van der Waals surface area contributed by atoms with Gasteiger partial charge in [-0.1, -0.05) is 6.92 Å². The van der Waals surface area contributed by atoms with Gasteiger partial charge in [-0.25, -0.2) is 0 Å². The molecule has 102 valence electrons. The zero-order valence-electron chi connectivity index (χ0n) is 12.7. The Hall–Kier alpha value is -0.0800. The van der Waals surface area contributed by atoms with Crippen molar-refractivity contribution in [2.45, 2.75) is 78.4 Å². The van der Waals surface area contributed by atoms with Crippen molar-refractivity contribution in [3.8, 4) is 0 Å². The molecule has 1 fully saturated rings. The molecule has 0 bridgehead atoms. The molecule has 1 saturated heterocycles. The summed E-state index contributed by atoms with van der Waals surface area (Å²) in [6.07, 6.45) is 4.04. The van der Waals surface area contributed by atoms with Crippen molar-refractivity contribution in [2.75, 3.05) is 13.1 Å². The summed E-state index contributed by atoms with van der Waals surface area (Å²) in [7, 11) is 0. The summed E-state index contributed by atoms with van der Waals surface area (Å²) < 4.78 is 0. The van der Waals surface area contributed by atoms with Crippen LogP contribution in [0.1, 0.15) is 60.8 Å². The van der Waals surface area contributed by atoms with Gasteiger partial charge in [0.25, 0.3) is 0 Å². The van der Waals surface area contributed by atoms with Crippen molar-refractivity contribution in [1.82, 2.24) is 10.2 Å². The molecular weight excluding hydrogens is 208 g/mol. The van der Waals surface area contributed by atoms with E-state index in [2.05, 4.69) is 51.8 Å². The van der Waals surface area contributed by atoms with Crippen molar-refractivity contribution in [3.05, 3.63) is 0 Å². The molecule has 0 aromatic heterocycles. The SMILES string of the molecule is CC1CCCN(C(C)CCNC(C)(C)C)C1C. The van der Waals surface area contributed by atoms with Crippen molar-refractivity contribution in [2.24, 2.45) is 5.92 Å². The van der Waals surface area contributed by atoms with Crippen molar-refractivity contribution in [1.29, 1.82) is 0 Å². The van der Waals surface area contributed by atoms with E-state index in [0.717, 1.165) is 18.5 Å². The third kappa shape index (κ3) is 4.97. The van der Waals surface area contributed by atoms with Crippen molar-refractivity contribution < 1.29 is 0 Å². The molecule has 1 heterocycles. The van der Waals surface area contributed by atoms with Gasteiger partial charge in [0.1, 0.15) is 0 Å². The van der Waals surface area contributed by atoms with Gasteiger partial charge in [-0.15, -0.1) is 0 Å². The minimum Gasteiger partial charge on any atom is -0.312 e. The van der Waals surface area contributed by atoms with Gasteiger partial charge in [-0.05, 0) is 72.9 Å². The lowest BCUT2D eigenvalue weighted by Gasteiger charge is -2.42. The Morgan fingerprint density at radius 2 is 1.94 bits per heavy atom. The van der Waals surface area contributed by atoms with E-state index in [1.165, 1.54) is 25.8 Å². The van der Waals surface area contributed by atoms with Gasteiger partial charge in [0, 0.05) is 17.6 Å². The van der Waals surface area contributed by atoms with Crippen LogP contribution in [0.4, 0.5) is 0 Å². The number of nitrogens with one attached hydrogen (secondary N) is 1. The van der Waals surface area contributed by atoms with Crippen LogP contribution in [-0.2, 0) is 0 Å². The quantitative estimate of drug-likeness (QED) is 0.811. The zero-order valence-corrected chi connectivity index (χ0v) is 12.7. The average Bonchev–Trinajstić information content (AvgIpc) is 2.20. The third-order valence-electron chi connectivity index (χ3n) is 4.21. The molecule has 3 unspecified atom stereocenters. The zero-order chi connectivity index (χ0) is 13.1. The molecule has 2 nitrogen and oxygen atoms in total. The summed E-state index contributed by atoms with van der Waals surface area (Å²) in [5.74, 6) is 0.863. The van der Waals surface area contributed by atoms with Gasteiger partial charge in [-0.3, -0.25) is 4.90 Å². The Morgan fingerprint density at radius 3 is 2.53 bits per heavy atom. The second kappa shape index (κ2) is 6.19. The fraction of sp³-hybridized carbons (Fsp3) is 1.00. The molecule has 0 saturated carbocycles. The lowest BCUT2D eigenvalue weighted by Crippen LogP contribution is -2.48. The highest BCUT2D eigenvalue weighted by Gasteiger charge is 2.27. The summed E-state index contributed by atoms with van der Waals surface area (Å²) in [5, 5.41) is 3.59. The van der Waals surface area contributed by atoms with Gasteiger partial charge >= 0.3 is 0 Å². The second-order valence-corrected chi connectivity index (χ2v) is 6.91. The Bertz CT molecular complexity index is 219. The monoisotopic (exact) mass is 240 g/mol. The first-order valence-corrected chi connectivity index (χ1v) is 7.32. The number of nitrogens with zero attached hydrogens (tertiary/aromatic N) is 1. The summed E-state index contributed by atoms with van der Waals surface area (Å²) in [6, 6.07) is 1.47. The van der Waals surface area contributed by atoms with Crippen LogP contribution in [0.25, 0.3) is 0 Å². The fourth-order valence-electron chi connectivity index (χ4n) is 2.81. The Balaban J connectivity index is 2.34. The molecule has 17 heavy (non-hydrogen) atoms. The predicted octanol–water partition coefficient (Wildman–Crippen LogP) is 3.27. The van der Waals surface area contributed by atoms with Crippen LogP contribution >= 0.6 is 0 Å². The van der Waals surface area contributed by atoms with Crippen molar-refractivity contribution >= 4 is 0 Å². The van der Waals surface area contributed by atoms with E-state index in [-0.39, 0.29) is 5.54 Å². The average molecular weight is 240 g/mol. The number of hydrogen-bond donors (Lipinski definition) is 1. The molecule has 0 amide bonds. The van der Waals surface area contributed by atoms with Crippen LogP contribution < -0.4 is 5.32 Å². The molecule has 1 aliphatic heterocycles. The lowest BCUT2D eigenvalue weighted by atomic mass is 9.90. The molecule has 0 aromatic carbocycles.